The van der Waals surface area contributed by atoms with E-state index in [1.165, 1.54) is 4.31 Å². The van der Waals surface area contributed by atoms with E-state index in [-0.39, 0.29) is 23.7 Å². The highest BCUT2D eigenvalue weighted by Crippen LogP contribution is 2.25. The van der Waals surface area contributed by atoms with Crippen molar-refractivity contribution in [3.05, 3.63) is 29.8 Å². The Morgan fingerprint density at radius 1 is 1.08 bits per heavy atom. The van der Waals surface area contributed by atoms with Crippen LogP contribution in [0.3, 0.4) is 0 Å². The second kappa shape index (κ2) is 8.49. The second-order valence-electron chi connectivity index (χ2n) is 7.10. The number of halogens is 1. The number of hydrogen-bond donors (Lipinski definition) is 1. The molecule has 1 fully saturated rings. The van der Waals surface area contributed by atoms with Crippen LogP contribution in [0.15, 0.2) is 29.2 Å². The molecular formula is C17H28ClN3O3S. The van der Waals surface area contributed by atoms with Gasteiger partial charge in [-0.25, -0.2) is 8.42 Å². The van der Waals surface area contributed by atoms with Crippen LogP contribution in [0.1, 0.15) is 32.8 Å². The lowest BCUT2D eigenvalue weighted by atomic mass is 9.87. The van der Waals surface area contributed by atoms with Crippen molar-refractivity contribution in [2.24, 2.45) is 5.73 Å². The average molecular weight is 390 g/mol. The monoisotopic (exact) mass is 389 g/mol. The summed E-state index contributed by atoms with van der Waals surface area (Å²) in [6, 6.07) is 7.07. The van der Waals surface area contributed by atoms with Gasteiger partial charge in [0.05, 0.1) is 4.90 Å². The van der Waals surface area contributed by atoms with Crippen molar-refractivity contribution >= 4 is 28.3 Å². The molecule has 8 heteroatoms. The number of carbonyl (C=O) groups excluding carboxylic acids is 1. The van der Waals surface area contributed by atoms with Crippen LogP contribution in [-0.4, -0.2) is 56.3 Å². The number of sulfonamides is 1. The zero-order valence-corrected chi connectivity index (χ0v) is 16.7. The molecule has 142 valence electrons. The Labute approximate surface area is 156 Å². The highest BCUT2D eigenvalue weighted by molar-refractivity contribution is 7.89. The molecule has 1 aromatic rings. The molecule has 0 radical (unpaired) electrons. The molecule has 0 saturated carbocycles. The van der Waals surface area contributed by atoms with Crippen molar-refractivity contribution in [1.82, 2.24) is 9.21 Å². The van der Waals surface area contributed by atoms with Gasteiger partial charge in [-0.15, -0.1) is 12.4 Å². The molecule has 0 aliphatic carbocycles. The summed E-state index contributed by atoms with van der Waals surface area (Å²) in [6.07, 6.45) is 0.307. The third kappa shape index (κ3) is 5.17. The highest BCUT2D eigenvalue weighted by atomic mass is 35.5. The largest absolute Gasteiger partial charge is 0.340 e. The molecule has 2 N–H and O–H groups in total. The molecule has 0 bridgehead atoms. The summed E-state index contributed by atoms with van der Waals surface area (Å²) < 4.78 is 27.0. The van der Waals surface area contributed by atoms with E-state index in [1.54, 1.807) is 17.0 Å². The van der Waals surface area contributed by atoms with Crippen molar-refractivity contribution in [2.45, 2.75) is 37.5 Å². The van der Waals surface area contributed by atoms with E-state index in [0.717, 1.165) is 5.56 Å². The van der Waals surface area contributed by atoms with Gasteiger partial charge in [0.15, 0.2) is 0 Å². The Morgan fingerprint density at radius 2 is 1.60 bits per heavy atom. The predicted molar refractivity (Wildman–Crippen MR) is 101 cm³/mol. The number of hydrogen-bond acceptors (Lipinski definition) is 4. The van der Waals surface area contributed by atoms with E-state index >= 15 is 0 Å². The van der Waals surface area contributed by atoms with Crippen LogP contribution in [-0.2, 0) is 20.2 Å². The maximum absolute atomic E-state index is 12.8. The third-order valence-corrected chi connectivity index (χ3v) is 6.22. The predicted octanol–water partition coefficient (Wildman–Crippen LogP) is 1.59. The lowest BCUT2D eigenvalue weighted by Crippen LogP contribution is -2.50. The SMILES string of the molecule is CC(C)(C)c1ccc(S(=O)(=O)N2CCN(C(=O)CCN)CC2)cc1.Cl. The smallest absolute Gasteiger partial charge is 0.243 e. The number of nitrogens with zero attached hydrogens (tertiary/aromatic N) is 2. The van der Waals surface area contributed by atoms with Crippen molar-refractivity contribution in [1.29, 1.82) is 0 Å². The molecule has 0 spiro atoms. The zero-order chi connectivity index (χ0) is 18.0. The lowest BCUT2D eigenvalue weighted by Gasteiger charge is -2.34. The number of rotatable bonds is 4. The minimum Gasteiger partial charge on any atom is -0.340 e. The van der Waals surface area contributed by atoms with Gasteiger partial charge < -0.3 is 10.6 Å². The minimum absolute atomic E-state index is 0. The first-order valence-corrected chi connectivity index (χ1v) is 9.69. The fourth-order valence-corrected chi connectivity index (χ4v) is 4.16. The molecule has 1 aliphatic heterocycles. The number of piperazine rings is 1. The number of carbonyl (C=O) groups is 1. The molecule has 1 aliphatic rings. The molecule has 0 atom stereocenters. The van der Waals surface area contributed by atoms with Crippen LogP contribution < -0.4 is 5.73 Å². The van der Waals surface area contributed by atoms with E-state index in [4.69, 9.17) is 5.73 Å². The van der Waals surface area contributed by atoms with E-state index in [0.29, 0.717) is 44.0 Å². The van der Waals surface area contributed by atoms with Crippen LogP contribution in [0.4, 0.5) is 0 Å². The molecule has 1 aromatic carbocycles. The zero-order valence-electron chi connectivity index (χ0n) is 15.1. The van der Waals surface area contributed by atoms with E-state index in [1.807, 2.05) is 12.1 Å². The topological polar surface area (TPSA) is 83.7 Å². The molecule has 0 unspecified atom stereocenters. The Morgan fingerprint density at radius 3 is 2.04 bits per heavy atom. The Balaban J connectivity index is 0.00000312. The van der Waals surface area contributed by atoms with Crippen LogP contribution in [0.5, 0.6) is 0 Å². The standard InChI is InChI=1S/C17H27N3O3S.ClH/c1-17(2,3)14-4-6-15(7-5-14)24(22,23)20-12-10-19(11-13-20)16(21)8-9-18;/h4-7H,8-13,18H2,1-3H3;1H. The molecule has 6 nitrogen and oxygen atoms in total. The normalized spacial score (nSPS) is 16.4. The van der Waals surface area contributed by atoms with E-state index in [2.05, 4.69) is 20.8 Å². The van der Waals surface area contributed by atoms with Gasteiger partial charge in [-0.05, 0) is 23.1 Å². The second-order valence-corrected chi connectivity index (χ2v) is 9.04. The molecule has 1 saturated heterocycles. The van der Waals surface area contributed by atoms with Gasteiger partial charge in [-0.1, -0.05) is 32.9 Å². The van der Waals surface area contributed by atoms with Gasteiger partial charge >= 0.3 is 0 Å². The molecule has 1 heterocycles. The van der Waals surface area contributed by atoms with Crippen LogP contribution in [0, 0.1) is 0 Å². The molecule has 25 heavy (non-hydrogen) atoms. The van der Waals surface area contributed by atoms with Gasteiger partial charge in [-0.3, -0.25) is 4.79 Å². The van der Waals surface area contributed by atoms with Crippen molar-refractivity contribution in [3.8, 4) is 0 Å². The third-order valence-electron chi connectivity index (χ3n) is 4.31. The molecule has 2 rings (SSSR count). The maximum Gasteiger partial charge on any atom is 0.243 e. The maximum atomic E-state index is 12.8. The van der Waals surface area contributed by atoms with Crippen molar-refractivity contribution in [3.63, 3.8) is 0 Å². The van der Waals surface area contributed by atoms with Gasteiger partial charge in [0.2, 0.25) is 15.9 Å². The lowest BCUT2D eigenvalue weighted by molar-refractivity contribution is -0.132. The number of nitrogens with two attached hydrogens (primary N) is 1. The van der Waals surface area contributed by atoms with Gasteiger partial charge in [0, 0.05) is 39.1 Å². The van der Waals surface area contributed by atoms with Gasteiger partial charge in [-0.2, -0.15) is 4.31 Å². The molecular weight excluding hydrogens is 362 g/mol. The fourth-order valence-electron chi connectivity index (χ4n) is 2.74. The minimum atomic E-state index is -3.52. The Hall–Kier alpha value is -1.15. The summed E-state index contributed by atoms with van der Waals surface area (Å²) in [5.74, 6) is -0.0101. The Kier molecular flexibility index (Phi) is 7.43. The highest BCUT2D eigenvalue weighted by Gasteiger charge is 2.30. The van der Waals surface area contributed by atoms with Crippen molar-refractivity contribution < 1.29 is 13.2 Å². The van der Waals surface area contributed by atoms with Crippen LogP contribution in [0.25, 0.3) is 0 Å². The Bertz CT molecular complexity index is 676. The summed E-state index contributed by atoms with van der Waals surface area (Å²) in [7, 11) is -3.52. The number of amides is 1. The first-order valence-electron chi connectivity index (χ1n) is 8.25. The summed E-state index contributed by atoms with van der Waals surface area (Å²) in [5.41, 5.74) is 6.48. The van der Waals surface area contributed by atoms with E-state index in [9.17, 15) is 13.2 Å². The van der Waals surface area contributed by atoms with Crippen LogP contribution in [0.2, 0.25) is 0 Å². The summed E-state index contributed by atoms with van der Waals surface area (Å²) >= 11 is 0. The van der Waals surface area contributed by atoms with Crippen LogP contribution >= 0.6 is 12.4 Å². The first kappa shape index (κ1) is 21.9. The molecule has 1 amide bonds. The van der Waals surface area contributed by atoms with Gasteiger partial charge in [0.1, 0.15) is 0 Å². The number of benzene rings is 1. The fraction of sp³-hybridized carbons (Fsp3) is 0.588. The molecule has 0 aromatic heterocycles. The average Bonchev–Trinajstić information content (AvgIpc) is 2.54. The quantitative estimate of drug-likeness (QED) is 0.847. The van der Waals surface area contributed by atoms with E-state index < -0.39 is 10.0 Å². The van der Waals surface area contributed by atoms with Gasteiger partial charge in [0.25, 0.3) is 0 Å². The van der Waals surface area contributed by atoms with Crippen molar-refractivity contribution in [2.75, 3.05) is 32.7 Å². The summed E-state index contributed by atoms with van der Waals surface area (Å²) in [4.78, 5) is 13.8. The first-order chi connectivity index (χ1) is 11.2. The summed E-state index contributed by atoms with van der Waals surface area (Å²) in [6.45, 7) is 8.06. The summed E-state index contributed by atoms with van der Waals surface area (Å²) in [5, 5.41) is 0.